The minimum absolute atomic E-state index is 0.165. The van der Waals surface area contributed by atoms with Crippen molar-refractivity contribution in [3.63, 3.8) is 0 Å². The number of rotatable bonds is 5. The third-order valence-corrected chi connectivity index (χ3v) is 5.31. The second-order valence-electron chi connectivity index (χ2n) is 6.16. The molecule has 1 heterocycles. The van der Waals surface area contributed by atoms with E-state index in [9.17, 15) is 13.0 Å². The molecule has 2 rings (SSSR count). The molecule has 0 amide bonds. The molecule has 0 aromatic heterocycles. The van der Waals surface area contributed by atoms with Crippen molar-refractivity contribution in [2.75, 3.05) is 6.54 Å². The second kappa shape index (κ2) is 5.86. The van der Waals surface area contributed by atoms with Gasteiger partial charge in [0.15, 0.2) is 5.71 Å². The van der Waals surface area contributed by atoms with Gasteiger partial charge in [-0.25, -0.2) is 8.42 Å². The van der Waals surface area contributed by atoms with Gasteiger partial charge in [0, 0.05) is 31.4 Å². The highest BCUT2D eigenvalue weighted by Gasteiger charge is 2.43. The van der Waals surface area contributed by atoms with E-state index < -0.39 is 10.1 Å². The summed E-state index contributed by atoms with van der Waals surface area (Å²) in [5, 5.41) is 0. The summed E-state index contributed by atoms with van der Waals surface area (Å²) in [6.45, 7) is 6.98. The van der Waals surface area contributed by atoms with Gasteiger partial charge in [-0.05, 0) is 32.4 Å². The van der Waals surface area contributed by atoms with Gasteiger partial charge in [-0.1, -0.05) is 0 Å². The average Bonchev–Trinajstić information content (AvgIpc) is 2.63. The molecule has 0 fully saturated rings. The summed E-state index contributed by atoms with van der Waals surface area (Å²) >= 11 is 0. The lowest BCUT2D eigenvalue weighted by Gasteiger charge is -2.16. The van der Waals surface area contributed by atoms with Gasteiger partial charge in [-0.3, -0.25) is 0 Å². The quantitative estimate of drug-likeness (QED) is 0.363. The van der Waals surface area contributed by atoms with Gasteiger partial charge >= 0.3 is 0 Å². The van der Waals surface area contributed by atoms with Gasteiger partial charge in [0.1, 0.15) is 16.7 Å². The number of unbranched alkanes of at least 4 members (excludes halogenated alkanes) is 2. The highest BCUT2D eigenvalue weighted by molar-refractivity contribution is 7.85. The summed E-state index contributed by atoms with van der Waals surface area (Å²) < 4.78 is 36.0. The van der Waals surface area contributed by atoms with E-state index >= 15 is 0 Å². The van der Waals surface area contributed by atoms with Crippen molar-refractivity contribution in [3.8, 4) is 12.3 Å². The first kappa shape index (κ1) is 16.7. The maximum atomic E-state index is 11.3. The molecule has 0 aliphatic carbocycles. The lowest BCUT2D eigenvalue weighted by atomic mass is 9.82. The molecule has 1 aromatic carbocycles. The van der Waals surface area contributed by atoms with Gasteiger partial charge in [0.05, 0.1) is 10.3 Å². The summed E-state index contributed by atoms with van der Waals surface area (Å²) in [6.07, 6.45) is 7.96. The molecule has 0 saturated heterocycles. The number of benzene rings is 1. The maximum Gasteiger partial charge on any atom is 0.209 e. The molecule has 5 heteroatoms. The fourth-order valence-corrected chi connectivity index (χ4v) is 3.40. The SMILES string of the molecule is C#CCCCC[N+]1=C(C)C(C)(C)c2cc(S(=O)(=O)[O-])ccc21. The molecule has 0 atom stereocenters. The lowest BCUT2D eigenvalue weighted by Crippen LogP contribution is -2.26. The summed E-state index contributed by atoms with van der Waals surface area (Å²) in [5.41, 5.74) is 2.74. The van der Waals surface area contributed by atoms with Crippen molar-refractivity contribution >= 4 is 21.5 Å². The van der Waals surface area contributed by atoms with Crippen LogP contribution in [0.3, 0.4) is 0 Å². The molecule has 4 nitrogen and oxygen atoms in total. The summed E-state index contributed by atoms with van der Waals surface area (Å²) in [5.74, 6) is 2.64. The Morgan fingerprint density at radius 1 is 1.32 bits per heavy atom. The van der Waals surface area contributed by atoms with Crippen LogP contribution in [-0.4, -0.2) is 29.8 Å². The molecule has 0 spiro atoms. The normalized spacial score (nSPS) is 16.5. The van der Waals surface area contributed by atoms with Crippen LogP contribution in [0.1, 0.15) is 45.6 Å². The van der Waals surface area contributed by atoms with E-state index in [2.05, 4.69) is 10.5 Å². The largest absolute Gasteiger partial charge is 0.744 e. The Labute approximate surface area is 132 Å². The molecular formula is C17H21NO3S. The molecular weight excluding hydrogens is 298 g/mol. The van der Waals surface area contributed by atoms with E-state index in [0.29, 0.717) is 0 Å². The Morgan fingerprint density at radius 2 is 2.00 bits per heavy atom. The molecule has 0 bridgehead atoms. The van der Waals surface area contributed by atoms with Gasteiger partial charge < -0.3 is 4.55 Å². The van der Waals surface area contributed by atoms with Gasteiger partial charge in [0.25, 0.3) is 0 Å². The zero-order chi connectivity index (χ0) is 16.5. The minimum atomic E-state index is -4.43. The van der Waals surface area contributed by atoms with E-state index in [1.165, 1.54) is 12.1 Å². The molecule has 1 aliphatic rings. The van der Waals surface area contributed by atoms with E-state index in [1.54, 1.807) is 6.07 Å². The zero-order valence-electron chi connectivity index (χ0n) is 13.2. The van der Waals surface area contributed by atoms with Crippen LogP contribution in [0.4, 0.5) is 5.69 Å². The van der Waals surface area contributed by atoms with Gasteiger partial charge in [-0.2, -0.15) is 4.58 Å². The Kier molecular flexibility index (Phi) is 4.46. The predicted octanol–water partition coefficient (Wildman–Crippen LogP) is 2.79. The van der Waals surface area contributed by atoms with Crippen molar-refractivity contribution in [2.45, 2.75) is 50.3 Å². The van der Waals surface area contributed by atoms with Crippen molar-refractivity contribution in [1.29, 1.82) is 0 Å². The maximum absolute atomic E-state index is 11.3. The van der Waals surface area contributed by atoms with Crippen LogP contribution in [-0.2, 0) is 15.5 Å². The van der Waals surface area contributed by atoms with E-state index in [0.717, 1.165) is 42.8 Å². The first-order valence-electron chi connectivity index (χ1n) is 7.35. The molecule has 0 unspecified atom stereocenters. The Morgan fingerprint density at radius 3 is 2.59 bits per heavy atom. The first-order chi connectivity index (χ1) is 10.2. The fourth-order valence-electron chi connectivity index (χ4n) is 2.90. The highest BCUT2D eigenvalue weighted by Crippen LogP contribution is 2.40. The third kappa shape index (κ3) is 2.94. The third-order valence-electron chi connectivity index (χ3n) is 4.48. The zero-order valence-corrected chi connectivity index (χ0v) is 14.0. The van der Waals surface area contributed by atoms with Crippen LogP contribution in [0, 0.1) is 12.3 Å². The van der Waals surface area contributed by atoms with Crippen LogP contribution < -0.4 is 0 Å². The van der Waals surface area contributed by atoms with Crippen LogP contribution in [0.5, 0.6) is 0 Å². The van der Waals surface area contributed by atoms with Crippen LogP contribution >= 0.6 is 0 Å². The van der Waals surface area contributed by atoms with Crippen LogP contribution in [0.2, 0.25) is 0 Å². The number of hydrogen-bond donors (Lipinski definition) is 0. The standard InChI is InChI=1S/C17H21NO3S/c1-5-6-7-8-11-18-13(2)17(3,4)15-12-14(22(19,20)21)9-10-16(15)18/h1,9-10,12H,6-8,11H2,2-4H3. The minimum Gasteiger partial charge on any atom is -0.744 e. The molecule has 1 aliphatic heterocycles. The Balaban J connectivity index is 2.40. The fraction of sp³-hybridized carbons (Fsp3) is 0.471. The molecule has 0 saturated carbocycles. The Bertz CT molecular complexity index is 768. The van der Waals surface area contributed by atoms with Crippen molar-refractivity contribution in [2.24, 2.45) is 0 Å². The average molecular weight is 319 g/mol. The van der Waals surface area contributed by atoms with Gasteiger partial charge in [0.2, 0.25) is 5.69 Å². The molecule has 0 radical (unpaired) electrons. The number of terminal acetylenes is 1. The van der Waals surface area contributed by atoms with Crippen LogP contribution in [0.15, 0.2) is 23.1 Å². The van der Waals surface area contributed by atoms with Crippen LogP contribution in [0.25, 0.3) is 0 Å². The monoisotopic (exact) mass is 319 g/mol. The number of nitrogens with zero attached hydrogens (tertiary/aromatic N) is 1. The van der Waals surface area contributed by atoms with E-state index in [4.69, 9.17) is 6.42 Å². The van der Waals surface area contributed by atoms with Crippen molar-refractivity contribution in [1.82, 2.24) is 0 Å². The lowest BCUT2D eigenvalue weighted by molar-refractivity contribution is -0.439. The smallest absolute Gasteiger partial charge is 0.209 e. The number of hydrogen-bond acceptors (Lipinski definition) is 3. The van der Waals surface area contributed by atoms with Crippen molar-refractivity contribution in [3.05, 3.63) is 23.8 Å². The second-order valence-corrected chi connectivity index (χ2v) is 7.54. The van der Waals surface area contributed by atoms with E-state index in [1.807, 2.05) is 20.8 Å². The highest BCUT2D eigenvalue weighted by atomic mass is 32.2. The van der Waals surface area contributed by atoms with Gasteiger partial charge in [-0.15, -0.1) is 12.3 Å². The number of fused-ring (bicyclic) bond motifs is 1. The summed E-state index contributed by atoms with van der Waals surface area (Å²) in [4.78, 5) is -0.165. The van der Waals surface area contributed by atoms with Crippen molar-refractivity contribution < 1.29 is 17.5 Å². The Hall–Kier alpha value is -1.64. The molecule has 1 aromatic rings. The van der Waals surface area contributed by atoms with E-state index in [-0.39, 0.29) is 10.3 Å². The summed E-state index contributed by atoms with van der Waals surface area (Å²) in [7, 11) is -4.43. The topological polar surface area (TPSA) is 60.2 Å². The predicted molar refractivity (Wildman–Crippen MR) is 85.6 cm³/mol. The summed E-state index contributed by atoms with van der Waals surface area (Å²) in [6, 6.07) is 4.65. The molecule has 118 valence electrons. The first-order valence-corrected chi connectivity index (χ1v) is 8.76. The molecule has 0 N–H and O–H groups in total. The molecule has 22 heavy (non-hydrogen) atoms.